The molecule has 1 N–H and O–H groups in total. The molecule has 0 aliphatic heterocycles. The van der Waals surface area contributed by atoms with Gasteiger partial charge >= 0.3 is 0 Å². The first-order valence-corrected chi connectivity index (χ1v) is 11.7. The average molecular weight is 512 g/mol. The molecule has 0 radical (unpaired) electrons. The van der Waals surface area contributed by atoms with E-state index in [4.69, 9.17) is 25.8 Å². The summed E-state index contributed by atoms with van der Waals surface area (Å²) in [6.45, 7) is 4.98. The molecular weight excluding hydrogens is 486 g/mol. The van der Waals surface area contributed by atoms with Crippen LogP contribution in [0.1, 0.15) is 41.8 Å². The lowest BCUT2D eigenvalue weighted by atomic mass is 10.2. The molecule has 0 fully saturated rings. The van der Waals surface area contributed by atoms with Gasteiger partial charge in [-0.05, 0) is 73.0 Å². The van der Waals surface area contributed by atoms with Crippen molar-refractivity contribution in [1.82, 2.24) is 5.43 Å². The molecule has 188 valence electrons. The fourth-order valence-electron chi connectivity index (χ4n) is 3.09. The van der Waals surface area contributed by atoms with E-state index >= 15 is 0 Å². The van der Waals surface area contributed by atoms with E-state index in [0.29, 0.717) is 46.6 Å². The Morgan fingerprint density at radius 2 is 1.78 bits per heavy atom. The maximum atomic E-state index is 12.4. The van der Waals surface area contributed by atoms with Gasteiger partial charge in [0.15, 0.2) is 11.5 Å². The van der Waals surface area contributed by atoms with Crippen molar-refractivity contribution in [3.63, 3.8) is 0 Å². The quantitative estimate of drug-likeness (QED) is 0.187. The fraction of sp³-hybridized carbons (Fsp3) is 0.231. The zero-order chi connectivity index (χ0) is 25.9. The Kier molecular flexibility index (Phi) is 9.64. The van der Waals surface area contributed by atoms with Gasteiger partial charge in [0.25, 0.3) is 11.6 Å². The minimum absolute atomic E-state index is 0.000485. The van der Waals surface area contributed by atoms with Crippen molar-refractivity contribution in [1.29, 1.82) is 0 Å². The summed E-state index contributed by atoms with van der Waals surface area (Å²) in [7, 11) is 0. The first-order chi connectivity index (χ1) is 17.4. The number of hydrogen-bond donors (Lipinski definition) is 1. The standard InChI is InChI=1S/C26H26ClN3O6/c1-3-13-35-22-11-7-20(8-12-22)26(31)29-28-16-19-14-23(27)25(24(15-19)34-4-2)36-17-18-5-9-21(10-6-18)30(32)33/h5-12,14-16H,3-4,13,17H2,1-2H3,(H,29,31)/b28-16-. The van der Waals surface area contributed by atoms with Crippen LogP contribution in [0.15, 0.2) is 65.8 Å². The van der Waals surface area contributed by atoms with Crippen LogP contribution < -0.4 is 19.6 Å². The van der Waals surface area contributed by atoms with Gasteiger partial charge in [-0.3, -0.25) is 14.9 Å². The van der Waals surface area contributed by atoms with Crippen LogP contribution in [0.5, 0.6) is 17.2 Å². The number of halogens is 1. The molecule has 0 saturated heterocycles. The number of nitrogens with zero attached hydrogens (tertiary/aromatic N) is 2. The Bertz CT molecular complexity index is 1210. The zero-order valence-electron chi connectivity index (χ0n) is 19.9. The molecule has 9 nitrogen and oxygen atoms in total. The number of carbonyl (C=O) groups excluding carboxylic acids is 1. The van der Waals surface area contributed by atoms with Gasteiger partial charge in [0.1, 0.15) is 12.4 Å². The van der Waals surface area contributed by atoms with E-state index < -0.39 is 4.92 Å². The SMILES string of the molecule is CCCOc1ccc(C(=O)N/N=C\c2cc(Cl)c(OCc3ccc([N+](=O)[O-])cc3)c(OCC)c2)cc1. The molecule has 0 bridgehead atoms. The van der Waals surface area contributed by atoms with Crippen LogP contribution in [-0.2, 0) is 6.61 Å². The number of nitro benzene ring substituents is 1. The van der Waals surface area contributed by atoms with Gasteiger partial charge in [-0.25, -0.2) is 5.43 Å². The highest BCUT2D eigenvalue weighted by Gasteiger charge is 2.13. The van der Waals surface area contributed by atoms with Crippen molar-refractivity contribution in [2.24, 2.45) is 5.10 Å². The number of hydrazone groups is 1. The second-order valence-corrected chi connectivity index (χ2v) is 7.95. The minimum atomic E-state index is -0.462. The first-order valence-electron chi connectivity index (χ1n) is 11.3. The average Bonchev–Trinajstić information content (AvgIpc) is 2.87. The van der Waals surface area contributed by atoms with Crippen LogP contribution in [0.25, 0.3) is 0 Å². The summed E-state index contributed by atoms with van der Waals surface area (Å²) in [5.74, 6) is 1.07. The van der Waals surface area contributed by atoms with Crippen molar-refractivity contribution in [2.75, 3.05) is 13.2 Å². The number of nitrogens with one attached hydrogen (secondary N) is 1. The summed E-state index contributed by atoms with van der Waals surface area (Å²) in [6, 6.07) is 16.2. The van der Waals surface area contributed by atoms with E-state index in [2.05, 4.69) is 10.5 Å². The Morgan fingerprint density at radius 3 is 2.42 bits per heavy atom. The van der Waals surface area contributed by atoms with Crippen LogP contribution in [0.3, 0.4) is 0 Å². The summed E-state index contributed by atoms with van der Waals surface area (Å²) < 4.78 is 17.0. The largest absolute Gasteiger partial charge is 0.494 e. The van der Waals surface area contributed by atoms with E-state index in [1.807, 2.05) is 13.8 Å². The van der Waals surface area contributed by atoms with E-state index in [0.717, 1.165) is 12.0 Å². The Balaban J connectivity index is 1.65. The van der Waals surface area contributed by atoms with Gasteiger partial charge in [0.05, 0.1) is 29.4 Å². The molecule has 3 aromatic carbocycles. The van der Waals surface area contributed by atoms with Gasteiger partial charge in [-0.2, -0.15) is 5.10 Å². The molecule has 0 saturated carbocycles. The molecule has 0 spiro atoms. The summed E-state index contributed by atoms with van der Waals surface area (Å²) in [5.41, 5.74) is 4.25. The van der Waals surface area contributed by atoms with Gasteiger partial charge in [0, 0.05) is 17.7 Å². The summed E-state index contributed by atoms with van der Waals surface area (Å²) >= 11 is 6.44. The molecule has 0 aliphatic rings. The number of ether oxygens (including phenoxy) is 3. The lowest BCUT2D eigenvalue weighted by Crippen LogP contribution is -2.17. The molecule has 10 heteroatoms. The molecule has 0 heterocycles. The topological polar surface area (TPSA) is 112 Å². The number of rotatable bonds is 12. The molecule has 0 aromatic heterocycles. The second kappa shape index (κ2) is 13.1. The van der Waals surface area contributed by atoms with Gasteiger partial charge in [0.2, 0.25) is 0 Å². The third-order valence-electron chi connectivity index (χ3n) is 4.83. The normalized spacial score (nSPS) is 10.8. The summed E-state index contributed by atoms with van der Waals surface area (Å²) in [5, 5.41) is 15.1. The smallest absolute Gasteiger partial charge is 0.271 e. The third-order valence-corrected chi connectivity index (χ3v) is 5.11. The Hall–Kier alpha value is -4.11. The molecule has 36 heavy (non-hydrogen) atoms. The predicted octanol–water partition coefficient (Wildman–Crippen LogP) is 5.78. The molecule has 0 aliphatic carbocycles. The van der Waals surface area contributed by atoms with Crippen LogP contribution in [0.4, 0.5) is 5.69 Å². The summed E-state index contributed by atoms with van der Waals surface area (Å²) in [6.07, 6.45) is 2.35. The van der Waals surface area contributed by atoms with Gasteiger partial charge in [-0.1, -0.05) is 18.5 Å². The van der Waals surface area contributed by atoms with E-state index in [1.165, 1.54) is 18.3 Å². The number of hydrogen-bond acceptors (Lipinski definition) is 7. The highest BCUT2D eigenvalue weighted by atomic mass is 35.5. The Morgan fingerprint density at radius 1 is 1.06 bits per heavy atom. The van der Waals surface area contributed by atoms with Crippen molar-refractivity contribution >= 4 is 29.4 Å². The monoisotopic (exact) mass is 511 g/mol. The molecule has 3 aromatic rings. The van der Waals surface area contributed by atoms with Crippen LogP contribution >= 0.6 is 11.6 Å². The summed E-state index contributed by atoms with van der Waals surface area (Å²) in [4.78, 5) is 22.7. The molecular formula is C26H26ClN3O6. The van der Waals surface area contributed by atoms with E-state index in [9.17, 15) is 14.9 Å². The lowest BCUT2D eigenvalue weighted by molar-refractivity contribution is -0.384. The van der Waals surface area contributed by atoms with E-state index in [-0.39, 0.29) is 18.2 Å². The third kappa shape index (κ3) is 7.44. The lowest BCUT2D eigenvalue weighted by Gasteiger charge is -2.14. The van der Waals surface area contributed by atoms with Crippen LogP contribution in [0.2, 0.25) is 5.02 Å². The fourth-order valence-corrected chi connectivity index (χ4v) is 3.36. The zero-order valence-corrected chi connectivity index (χ0v) is 20.7. The number of nitro groups is 1. The van der Waals surface area contributed by atoms with Gasteiger partial charge in [-0.15, -0.1) is 0 Å². The highest BCUT2D eigenvalue weighted by molar-refractivity contribution is 6.32. The van der Waals surface area contributed by atoms with Crippen molar-refractivity contribution in [3.8, 4) is 17.2 Å². The van der Waals surface area contributed by atoms with Crippen molar-refractivity contribution in [2.45, 2.75) is 26.9 Å². The molecule has 1 amide bonds. The van der Waals surface area contributed by atoms with Crippen molar-refractivity contribution < 1.29 is 23.9 Å². The number of carbonyl (C=O) groups is 1. The molecule has 0 unspecified atom stereocenters. The maximum absolute atomic E-state index is 12.4. The van der Waals surface area contributed by atoms with Gasteiger partial charge < -0.3 is 14.2 Å². The number of amides is 1. The first kappa shape index (κ1) is 26.5. The second-order valence-electron chi connectivity index (χ2n) is 7.55. The van der Waals surface area contributed by atoms with Crippen LogP contribution in [-0.4, -0.2) is 30.3 Å². The highest BCUT2D eigenvalue weighted by Crippen LogP contribution is 2.37. The maximum Gasteiger partial charge on any atom is 0.271 e. The molecule has 3 rings (SSSR count). The van der Waals surface area contributed by atoms with E-state index in [1.54, 1.807) is 48.5 Å². The van der Waals surface area contributed by atoms with Crippen molar-refractivity contribution in [3.05, 3.63) is 92.5 Å². The molecule has 0 atom stereocenters. The predicted molar refractivity (Wildman–Crippen MR) is 137 cm³/mol. The van der Waals surface area contributed by atoms with Crippen LogP contribution in [0, 0.1) is 10.1 Å². The number of non-ortho nitro benzene ring substituents is 1. The minimum Gasteiger partial charge on any atom is -0.494 e. The number of benzene rings is 3. The Labute approximate surface area is 213 Å².